The summed E-state index contributed by atoms with van der Waals surface area (Å²) in [5.41, 5.74) is 2.02. The lowest BCUT2D eigenvalue weighted by atomic mass is 10.1. The average molecular weight is 421 g/mol. The van der Waals surface area contributed by atoms with Crippen LogP contribution >= 0.6 is 0 Å². The molecule has 0 aromatic carbocycles. The lowest BCUT2D eigenvalue weighted by Gasteiger charge is -2.25. The lowest BCUT2D eigenvalue weighted by Crippen LogP contribution is -2.38. The zero-order valence-corrected chi connectivity index (χ0v) is 17.2. The fourth-order valence-electron chi connectivity index (χ4n) is 4.10. The van der Waals surface area contributed by atoms with Crippen molar-refractivity contribution in [3.8, 4) is 11.9 Å². The van der Waals surface area contributed by atoms with Crippen molar-refractivity contribution >= 4 is 22.7 Å². The van der Waals surface area contributed by atoms with Gasteiger partial charge in [0.25, 0.3) is 5.88 Å². The number of hydrogen-bond donors (Lipinski definition) is 1. The quantitative estimate of drug-likeness (QED) is 0.646. The minimum Gasteiger partial charge on any atom is -0.467 e. The van der Waals surface area contributed by atoms with E-state index in [1.54, 1.807) is 6.20 Å². The predicted octanol–water partition coefficient (Wildman–Crippen LogP) is 2.56. The fraction of sp³-hybridized carbons (Fsp3) is 0.524. The van der Waals surface area contributed by atoms with Crippen LogP contribution < -0.4 is 10.1 Å². The molecule has 1 aliphatic carbocycles. The topological polar surface area (TPSA) is 112 Å². The second-order valence-electron chi connectivity index (χ2n) is 8.53. The molecule has 10 heteroatoms. The van der Waals surface area contributed by atoms with Gasteiger partial charge in [0.05, 0.1) is 44.7 Å². The average Bonchev–Trinajstić information content (AvgIpc) is 3.24. The smallest absolute Gasteiger partial charge is 0.257 e. The molecule has 0 bridgehead atoms. The van der Waals surface area contributed by atoms with E-state index in [1.165, 1.54) is 0 Å². The molecule has 0 unspecified atom stereocenters. The molecule has 0 radical (unpaired) electrons. The molecule has 3 aromatic rings. The number of hydrogen-bond acceptors (Lipinski definition) is 8. The molecule has 3 aromatic heterocycles. The van der Waals surface area contributed by atoms with E-state index in [0.29, 0.717) is 55.9 Å². The van der Waals surface area contributed by atoms with Gasteiger partial charge in [0, 0.05) is 17.5 Å². The number of fused-ring (bicyclic) bond motifs is 1. The number of nitrogens with one attached hydrogen (secondary N) is 1. The van der Waals surface area contributed by atoms with Gasteiger partial charge in [0.15, 0.2) is 0 Å². The van der Waals surface area contributed by atoms with Gasteiger partial charge < -0.3 is 24.1 Å². The first kappa shape index (κ1) is 18.6. The maximum Gasteiger partial charge on any atom is 0.257 e. The highest BCUT2D eigenvalue weighted by Crippen LogP contribution is 2.38. The summed E-state index contributed by atoms with van der Waals surface area (Å²) in [6.45, 7) is 4.53. The van der Waals surface area contributed by atoms with Crippen LogP contribution in [0.2, 0.25) is 0 Å². The summed E-state index contributed by atoms with van der Waals surface area (Å²) in [7, 11) is 0. The van der Waals surface area contributed by atoms with Gasteiger partial charge in [-0.3, -0.25) is 4.68 Å². The molecule has 0 amide bonds. The van der Waals surface area contributed by atoms with Crippen molar-refractivity contribution < 1.29 is 14.2 Å². The molecule has 3 fully saturated rings. The lowest BCUT2D eigenvalue weighted by molar-refractivity contribution is -0.0812. The van der Waals surface area contributed by atoms with Gasteiger partial charge in [-0.2, -0.15) is 10.2 Å². The molecule has 3 aliphatic rings. The molecule has 160 valence electrons. The summed E-state index contributed by atoms with van der Waals surface area (Å²) >= 11 is 0. The monoisotopic (exact) mass is 421 g/mol. The molecular weight excluding hydrogens is 398 g/mol. The summed E-state index contributed by atoms with van der Waals surface area (Å²) in [6, 6.07) is 4.63. The van der Waals surface area contributed by atoms with E-state index in [2.05, 4.69) is 28.4 Å². The van der Waals surface area contributed by atoms with E-state index in [-0.39, 0.29) is 12.1 Å². The predicted molar refractivity (Wildman–Crippen MR) is 110 cm³/mol. The highest BCUT2D eigenvalue weighted by atomic mass is 16.6. The van der Waals surface area contributed by atoms with Gasteiger partial charge in [-0.05, 0) is 18.9 Å². The second kappa shape index (κ2) is 7.21. The van der Waals surface area contributed by atoms with Gasteiger partial charge in [0.2, 0.25) is 5.95 Å². The largest absolute Gasteiger partial charge is 0.467 e. The Balaban J connectivity index is 1.35. The molecule has 31 heavy (non-hydrogen) atoms. The van der Waals surface area contributed by atoms with Crippen molar-refractivity contribution in [3.05, 3.63) is 24.2 Å². The fourth-order valence-corrected chi connectivity index (χ4v) is 4.10. The van der Waals surface area contributed by atoms with Crippen LogP contribution in [0.1, 0.15) is 37.5 Å². The molecule has 2 atom stereocenters. The molecule has 0 spiro atoms. The van der Waals surface area contributed by atoms with Gasteiger partial charge >= 0.3 is 0 Å². The molecule has 5 heterocycles. The number of anilines is 2. The maximum absolute atomic E-state index is 9.67. The highest BCUT2D eigenvalue weighted by Gasteiger charge is 2.31. The van der Waals surface area contributed by atoms with Crippen molar-refractivity contribution in [2.24, 2.45) is 5.92 Å². The molecular formula is C21H23N7O3. The van der Waals surface area contributed by atoms with Crippen LogP contribution in [0, 0.1) is 17.2 Å². The maximum atomic E-state index is 9.67. The van der Waals surface area contributed by atoms with Crippen LogP contribution in [-0.2, 0) is 9.47 Å². The minimum atomic E-state index is 0.0192. The van der Waals surface area contributed by atoms with Gasteiger partial charge in [0.1, 0.15) is 29.2 Å². The van der Waals surface area contributed by atoms with Crippen LogP contribution in [0.3, 0.4) is 0 Å². The Labute approximate surface area is 178 Å². The van der Waals surface area contributed by atoms with Gasteiger partial charge in [-0.25, -0.2) is 4.98 Å². The Kier molecular flexibility index (Phi) is 4.33. The SMILES string of the molecule is C[C@H]1COC[C@@H]1n1c(C#N)cc2cnc(Nc3cn(C4CC4)nc3OC3COC3)nc21. The highest BCUT2D eigenvalue weighted by molar-refractivity contribution is 5.79. The third-order valence-electron chi connectivity index (χ3n) is 6.10. The van der Waals surface area contributed by atoms with Crippen molar-refractivity contribution in [3.63, 3.8) is 0 Å². The molecule has 1 N–H and O–H groups in total. The summed E-state index contributed by atoms with van der Waals surface area (Å²) in [4.78, 5) is 9.23. The third kappa shape index (κ3) is 3.30. The molecule has 1 saturated carbocycles. The minimum absolute atomic E-state index is 0.0192. The van der Waals surface area contributed by atoms with Gasteiger partial charge in [-0.1, -0.05) is 6.92 Å². The Hall–Kier alpha value is -3.16. The van der Waals surface area contributed by atoms with Crippen LogP contribution in [0.4, 0.5) is 11.6 Å². The first-order valence-corrected chi connectivity index (χ1v) is 10.7. The Morgan fingerprint density at radius 3 is 2.74 bits per heavy atom. The van der Waals surface area contributed by atoms with E-state index < -0.39 is 0 Å². The van der Waals surface area contributed by atoms with E-state index in [0.717, 1.165) is 29.6 Å². The normalized spacial score (nSPS) is 23.6. The van der Waals surface area contributed by atoms with E-state index in [9.17, 15) is 5.26 Å². The molecule has 10 nitrogen and oxygen atoms in total. The number of nitriles is 1. The van der Waals surface area contributed by atoms with E-state index >= 15 is 0 Å². The number of ether oxygens (including phenoxy) is 3. The van der Waals surface area contributed by atoms with Crippen LogP contribution in [0.5, 0.6) is 5.88 Å². The zero-order valence-electron chi connectivity index (χ0n) is 17.2. The van der Waals surface area contributed by atoms with Crippen molar-refractivity contribution in [1.29, 1.82) is 5.26 Å². The van der Waals surface area contributed by atoms with Crippen molar-refractivity contribution in [2.45, 2.75) is 38.0 Å². The second-order valence-corrected chi connectivity index (χ2v) is 8.53. The Bertz CT molecular complexity index is 1170. The zero-order chi connectivity index (χ0) is 20.9. The number of nitrogens with zero attached hydrogens (tertiary/aromatic N) is 6. The van der Waals surface area contributed by atoms with Crippen molar-refractivity contribution in [1.82, 2.24) is 24.3 Å². The van der Waals surface area contributed by atoms with Gasteiger partial charge in [-0.15, -0.1) is 5.10 Å². The van der Waals surface area contributed by atoms with Crippen LogP contribution in [-0.4, -0.2) is 56.8 Å². The van der Waals surface area contributed by atoms with Crippen LogP contribution in [0.15, 0.2) is 18.5 Å². The summed E-state index contributed by atoms with van der Waals surface area (Å²) in [6.07, 6.45) is 5.97. The van der Waals surface area contributed by atoms with Crippen molar-refractivity contribution in [2.75, 3.05) is 31.7 Å². The Morgan fingerprint density at radius 1 is 1.23 bits per heavy atom. The van der Waals surface area contributed by atoms with E-state index in [1.807, 2.05) is 21.5 Å². The molecule has 6 rings (SSSR count). The molecule has 2 aliphatic heterocycles. The standard InChI is InChI=1S/C21H23N7O3/c1-12-8-29-11-18(12)28-15(5-22)4-13-6-23-21(25-19(13)28)24-17-7-27(14-2-3-14)26-20(17)31-16-9-30-10-16/h4,6-7,12,14,16,18H,2-3,8-11H2,1H3,(H,23,24,25)/t12-,18-/m0/s1. The number of rotatable bonds is 6. The summed E-state index contributed by atoms with van der Waals surface area (Å²) < 4.78 is 20.8. The summed E-state index contributed by atoms with van der Waals surface area (Å²) in [5.74, 6) is 1.28. The first-order chi connectivity index (χ1) is 15.2. The first-order valence-electron chi connectivity index (χ1n) is 10.7. The Morgan fingerprint density at radius 2 is 2.06 bits per heavy atom. The number of aromatic nitrogens is 5. The molecule has 2 saturated heterocycles. The third-order valence-corrected chi connectivity index (χ3v) is 6.10. The van der Waals surface area contributed by atoms with Crippen LogP contribution in [0.25, 0.3) is 11.0 Å². The summed E-state index contributed by atoms with van der Waals surface area (Å²) in [5, 5.41) is 18.4. The van der Waals surface area contributed by atoms with E-state index in [4.69, 9.17) is 19.2 Å².